The monoisotopic (exact) mass is 370 g/mol. The quantitative estimate of drug-likeness (QED) is 0.413. The van der Waals surface area contributed by atoms with Gasteiger partial charge in [-0.2, -0.15) is 0 Å². The van der Waals surface area contributed by atoms with E-state index in [0.717, 1.165) is 22.4 Å². The maximum atomic E-state index is 14.2. The van der Waals surface area contributed by atoms with Crippen molar-refractivity contribution < 1.29 is 4.39 Å². The molecule has 0 heterocycles. The summed E-state index contributed by atoms with van der Waals surface area (Å²) < 4.78 is 14.2. The van der Waals surface area contributed by atoms with Gasteiger partial charge in [-0.1, -0.05) is 55.5 Å². The van der Waals surface area contributed by atoms with Crippen LogP contribution >= 0.6 is 0 Å². The van der Waals surface area contributed by atoms with Crippen LogP contribution in [0.2, 0.25) is 0 Å². The minimum atomic E-state index is -0.138. The fourth-order valence-corrected chi connectivity index (χ4v) is 4.37. The van der Waals surface area contributed by atoms with E-state index in [1.165, 1.54) is 37.7 Å². The molecular weight excluding hydrogens is 343 g/mol. The Balaban J connectivity index is 1.49. The maximum Gasteiger partial charge on any atom is 0.133 e. The summed E-state index contributed by atoms with van der Waals surface area (Å²) in [7, 11) is 0. The number of benzene rings is 3. The molecule has 0 aromatic heterocycles. The number of halogens is 1. The van der Waals surface area contributed by atoms with Crippen LogP contribution in [0.4, 0.5) is 4.39 Å². The molecule has 0 amide bonds. The lowest BCUT2D eigenvalue weighted by atomic mass is 9.78. The number of hydrogen-bond acceptors (Lipinski definition) is 0. The molecule has 1 aliphatic carbocycles. The van der Waals surface area contributed by atoms with Gasteiger partial charge in [-0.15, -0.1) is 0 Å². The molecule has 0 unspecified atom stereocenters. The topological polar surface area (TPSA) is 0 Å². The fraction of sp³-hybridized carbons (Fsp3) is 0.333. The molecule has 0 nitrogen and oxygen atoms in total. The molecule has 0 N–H and O–H groups in total. The average Bonchev–Trinajstić information content (AvgIpc) is 2.75. The van der Waals surface area contributed by atoms with Crippen LogP contribution in [0.15, 0.2) is 54.6 Å². The summed E-state index contributed by atoms with van der Waals surface area (Å²) in [6, 6.07) is 18.2. The highest BCUT2D eigenvalue weighted by atomic mass is 19.1. The lowest BCUT2D eigenvalue weighted by Crippen LogP contribution is -2.12. The molecule has 4 rings (SSSR count). The lowest BCUT2D eigenvalue weighted by Gasteiger charge is -2.28. The van der Waals surface area contributed by atoms with Gasteiger partial charge in [0.2, 0.25) is 0 Å². The zero-order valence-electron chi connectivity index (χ0n) is 16.8. The van der Waals surface area contributed by atoms with E-state index in [9.17, 15) is 4.39 Å². The standard InChI is InChI=1S/C27H27F/c1-3-20-7-13-23(14-8-20)24-15-9-21(10-16-24)5-6-22-11-17-26-25(18-22)12-4-19(2)27(26)28/h4,9-12,15-18,20,23H,3,7-8,13-14H2,1-2H3. The van der Waals surface area contributed by atoms with Gasteiger partial charge in [0.05, 0.1) is 0 Å². The molecule has 1 fully saturated rings. The van der Waals surface area contributed by atoms with E-state index in [-0.39, 0.29) is 5.82 Å². The number of hydrogen-bond donors (Lipinski definition) is 0. The predicted molar refractivity (Wildman–Crippen MR) is 116 cm³/mol. The van der Waals surface area contributed by atoms with Gasteiger partial charge in [-0.3, -0.25) is 0 Å². The van der Waals surface area contributed by atoms with Gasteiger partial charge in [-0.05, 0) is 85.2 Å². The van der Waals surface area contributed by atoms with Crippen molar-refractivity contribution in [1.82, 2.24) is 0 Å². The van der Waals surface area contributed by atoms with Gasteiger partial charge in [0.15, 0.2) is 0 Å². The fourth-order valence-electron chi connectivity index (χ4n) is 4.37. The largest absolute Gasteiger partial charge is 0.206 e. The second-order valence-corrected chi connectivity index (χ2v) is 8.13. The summed E-state index contributed by atoms with van der Waals surface area (Å²) in [6.45, 7) is 4.10. The third-order valence-electron chi connectivity index (χ3n) is 6.30. The Bertz CT molecular complexity index is 1030. The Morgan fingerprint density at radius 1 is 0.857 bits per heavy atom. The molecule has 28 heavy (non-hydrogen) atoms. The van der Waals surface area contributed by atoms with Crippen LogP contribution in [0, 0.1) is 30.5 Å². The second kappa shape index (κ2) is 8.19. The summed E-state index contributed by atoms with van der Waals surface area (Å²) in [4.78, 5) is 0. The molecule has 0 spiro atoms. The Labute approximate surface area is 167 Å². The van der Waals surface area contributed by atoms with Gasteiger partial charge < -0.3 is 0 Å². The summed E-state index contributed by atoms with van der Waals surface area (Å²) in [5.41, 5.74) is 4.07. The smallest absolute Gasteiger partial charge is 0.133 e. The zero-order chi connectivity index (χ0) is 19.5. The van der Waals surface area contributed by atoms with E-state index in [1.54, 1.807) is 6.92 Å². The molecule has 0 radical (unpaired) electrons. The third kappa shape index (κ3) is 3.97. The Morgan fingerprint density at radius 2 is 1.54 bits per heavy atom. The van der Waals surface area contributed by atoms with Crippen LogP contribution in [-0.4, -0.2) is 0 Å². The van der Waals surface area contributed by atoms with Crippen molar-refractivity contribution in [3.63, 3.8) is 0 Å². The molecular formula is C27H27F. The summed E-state index contributed by atoms with van der Waals surface area (Å²) in [6.07, 6.45) is 6.69. The van der Waals surface area contributed by atoms with E-state index in [1.807, 2.05) is 30.3 Å². The van der Waals surface area contributed by atoms with Crippen molar-refractivity contribution in [2.75, 3.05) is 0 Å². The van der Waals surface area contributed by atoms with Crippen LogP contribution < -0.4 is 0 Å². The van der Waals surface area contributed by atoms with Crippen LogP contribution in [-0.2, 0) is 0 Å². The van der Waals surface area contributed by atoms with E-state index in [4.69, 9.17) is 0 Å². The summed E-state index contributed by atoms with van der Waals surface area (Å²) >= 11 is 0. The van der Waals surface area contributed by atoms with Crippen LogP contribution in [0.25, 0.3) is 10.8 Å². The zero-order valence-corrected chi connectivity index (χ0v) is 16.8. The summed E-state index contributed by atoms with van der Waals surface area (Å²) in [5, 5.41) is 1.56. The Kier molecular flexibility index (Phi) is 5.49. The molecule has 142 valence electrons. The minimum absolute atomic E-state index is 0.138. The van der Waals surface area contributed by atoms with E-state index >= 15 is 0 Å². The van der Waals surface area contributed by atoms with Crippen molar-refractivity contribution in [3.8, 4) is 11.8 Å². The van der Waals surface area contributed by atoms with E-state index in [2.05, 4.69) is 43.0 Å². The molecule has 0 atom stereocenters. The van der Waals surface area contributed by atoms with Gasteiger partial charge in [0.25, 0.3) is 0 Å². The van der Waals surface area contributed by atoms with Crippen molar-refractivity contribution >= 4 is 10.8 Å². The first kappa shape index (κ1) is 18.8. The van der Waals surface area contributed by atoms with Crippen LogP contribution in [0.5, 0.6) is 0 Å². The number of rotatable bonds is 2. The van der Waals surface area contributed by atoms with E-state index < -0.39 is 0 Å². The first-order valence-electron chi connectivity index (χ1n) is 10.4. The molecule has 0 bridgehead atoms. The molecule has 1 saturated carbocycles. The van der Waals surface area contributed by atoms with Crippen LogP contribution in [0.3, 0.4) is 0 Å². The van der Waals surface area contributed by atoms with Gasteiger partial charge in [0, 0.05) is 16.5 Å². The first-order chi connectivity index (χ1) is 13.6. The average molecular weight is 371 g/mol. The Morgan fingerprint density at radius 3 is 2.25 bits per heavy atom. The highest BCUT2D eigenvalue weighted by Crippen LogP contribution is 2.36. The third-order valence-corrected chi connectivity index (χ3v) is 6.30. The molecule has 3 aromatic rings. The van der Waals surface area contributed by atoms with Gasteiger partial charge >= 0.3 is 0 Å². The lowest BCUT2D eigenvalue weighted by molar-refractivity contribution is 0.319. The van der Waals surface area contributed by atoms with Crippen LogP contribution in [0.1, 0.15) is 67.2 Å². The van der Waals surface area contributed by atoms with Gasteiger partial charge in [0.1, 0.15) is 5.82 Å². The van der Waals surface area contributed by atoms with Gasteiger partial charge in [-0.25, -0.2) is 4.39 Å². The van der Waals surface area contributed by atoms with Crippen molar-refractivity contribution in [2.45, 2.75) is 51.9 Å². The predicted octanol–water partition coefficient (Wildman–Crippen LogP) is 7.37. The SMILES string of the molecule is CCC1CCC(c2ccc(C#Cc3ccc4c(F)c(C)ccc4c3)cc2)CC1. The molecule has 1 heteroatoms. The first-order valence-corrected chi connectivity index (χ1v) is 10.4. The molecule has 1 aliphatic rings. The molecule has 3 aromatic carbocycles. The number of aryl methyl sites for hydroxylation is 1. The normalized spacial score (nSPS) is 19.2. The minimum Gasteiger partial charge on any atom is -0.206 e. The van der Waals surface area contributed by atoms with Crippen molar-refractivity contribution in [3.05, 3.63) is 82.7 Å². The highest BCUT2D eigenvalue weighted by Gasteiger charge is 2.20. The Hall–Kier alpha value is -2.59. The maximum absolute atomic E-state index is 14.2. The number of fused-ring (bicyclic) bond motifs is 1. The summed E-state index contributed by atoms with van der Waals surface area (Å²) in [5.74, 6) is 7.99. The molecule has 0 saturated heterocycles. The van der Waals surface area contributed by atoms with Crippen molar-refractivity contribution in [2.24, 2.45) is 5.92 Å². The van der Waals surface area contributed by atoms with E-state index in [0.29, 0.717) is 16.9 Å². The second-order valence-electron chi connectivity index (χ2n) is 8.13. The highest BCUT2D eigenvalue weighted by molar-refractivity contribution is 5.85. The van der Waals surface area contributed by atoms with Crippen molar-refractivity contribution in [1.29, 1.82) is 0 Å². The molecule has 0 aliphatic heterocycles.